The highest BCUT2D eigenvalue weighted by Crippen LogP contribution is 2.19. The molecule has 0 saturated heterocycles. The van der Waals surface area contributed by atoms with Gasteiger partial charge in [0.1, 0.15) is 16.5 Å². The van der Waals surface area contributed by atoms with E-state index in [0.717, 1.165) is 12.8 Å². The summed E-state index contributed by atoms with van der Waals surface area (Å²) in [5.41, 5.74) is -0.660. The highest BCUT2D eigenvalue weighted by Gasteiger charge is 2.22. The van der Waals surface area contributed by atoms with Crippen molar-refractivity contribution in [3.8, 4) is 0 Å². The van der Waals surface area contributed by atoms with E-state index < -0.39 is 38.1 Å². The van der Waals surface area contributed by atoms with Crippen molar-refractivity contribution in [2.75, 3.05) is 6.61 Å². The number of sulfonamides is 1. The van der Waals surface area contributed by atoms with E-state index in [-0.39, 0.29) is 6.61 Å². The Hall–Kier alpha value is -1.54. The molecule has 0 aliphatic heterocycles. The summed E-state index contributed by atoms with van der Waals surface area (Å²) in [4.78, 5) is 10.7. The van der Waals surface area contributed by atoms with E-state index in [2.05, 4.69) is 0 Å². The third-order valence-corrected chi connectivity index (χ3v) is 3.45. The van der Waals surface area contributed by atoms with Crippen LogP contribution in [0, 0.1) is 11.6 Å². The normalized spacial score (nSPS) is 11.4. The molecule has 0 aromatic heterocycles. The third-order valence-electron chi connectivity index (χ3n) is 2.53. The molecule has 5 nitrogen and oxygen atoms in total. The number of hydrogen-bond donors (Lipinski definition) is 1. The number of hydrogen-bond acceptors (Lipinski definition) is 4. The molecule has 0 bridgehead atoms. The molecule has 0 atom stereocenters. The maximum absolute atomic E-state index is 13.5. The molecule has 0 radical (unpaired) electrons. The fourth-order valence-corrected chi connectivity index (χ4v) is 2.11. The number of ether oxygens (including phenoxy) is 1. The number of nitrogens with two attached hydrogens (primary N) is 1. The molecule has 20 heavy (non-hydrogen) atoms. The molecule has 0 unspecified atom stereocenters. The number of carbonyl (C=O) groups excluding carboxylic acids is 1. The van der Waals surface area contributed by atoms with Gasteiger partial charge in [-0.2, -0.15) is 0 Å². The van der Waals surface area contributed by atoms with E-state index in [9.17, 15) is 22.0 Å². The molecule has 1 rings (SSSR count). The van der Waals surface area contributed by atoms with Crippen LogP contribution in [0.2, 0.25) is 0 Å². The second kappa shape index (κ2) is 6.76. The van der Waals surface area contributed by atoms with Crippen molar-refractivity contribution >= 4 is 16.0 Å². The molecular weight excluding hydrogens is 292 g/mol. The average Bonchev–Trinajstić information content (AvgIpc) is 2.32. The Balaban J connectivity index is 2.98. The second-order valence-corrected chi connectivity index (χ2v) is 5.68. The lowest BCUT2D eigenvalue weighted by molar-refractivity contribution is 0.0492. The molecule has 0 aliphatic carbocycles. The molecule has 0 aliphatic rings. The molecule has 0 saturated carbocycles. The highest BCUT2D eigenvalue weighted by molar-refractivity contribution is 7.89. The van der Waals surface area contributed by atoms with Gasteiger partial charge in [0.05, 0.1) is 12.2 Å². The van der Waals surface area contributed by atoms with Crippen molar-refractivity contribution < 1.29 is 26.7 Å². The summed E-state index contributed by atoms with van der Waals surface area (Å²) in [6, 6.07) is 0.838. The van der Waals surface area contributed by atoms with Gasteiger partial charge in [-0.3, -0.25) is 0 Å². The van der Waals surface area contributed by atoms with E-state index in [1.54, 1.807) is 0 Å². The van der Waals surface area contributed by atoms with Gasteiger partial charge in [-0.15, -0.1) is 0 Å². The monoisotopic (exact) mass is 307 g/mol. The first-order chi connectivity index (χ1) is 9.27. The van der Waals surface area contributed by atoms with Gasteiger partial charge in [-0.1, -0.05) is 19.8 Å². The first-order valence-corrected chi connectivity index (χ1v) is 7.51. The lowest BCUT2D eigenvalue weighted by atomic mass is 10.2. The average molecular weight is 307 g/mol. The van der Waals surface area contributed by atoms with Crippen LogP contribution in [0.25, 0.3) is 0 Å². The largest absolute Gasteiger partial charge is 0.462 e. The fraction of sp³-hybridized carbons (Fsp3) is 0.417. The number of unbranched alkanes of at least 4 members (excludes halogenated alkanes) is 2. The van der Waals surface area contributed by atoms with Gasteiger partial charge >= 0.3 is 5.97 Å². The van der Waals surface area contributed by atoms with Crippen LogP contribution in [-0.4, -0.2) is 21.0 Å². The number of esters is 1. The Bertz CT molecular complexity index is 602. The summed E-state index contributed by atoms with van der Waals surface area (Å²) >= 11 is 0. The summed E-state index contributed by atoms with van der Waals surface area (Å²) in [6.07, 6.45) is 2.35. The number of primary sulfonamides is 1. The lowest BCUT2D eigenvalue weighted by Gasteiger charge is -2.07. The zero-order valence-corrected chi connectivity index (χ0v) is 11.7. The molecule has 0 fully saturated rings. The minimum absolute atomic E-state index is 0.0776. The summed E-state index contributed by atoms with van der Waals surface area (Å²) in [6.45, 7) is 2.04. The highest BCUT2D eigenvalue weighted by atomic mass is 32.2. The van der Waals surface area contributed by atoms with Crippen LogP contribution in [0.5, 0.6) is 0 Å². The predicted molar refractivity (Wildman–Crippen MR) is 67.5 cm³/mol. The molecule has 1 aromatic carbocycles. The van der Waals surface area contributed by atoms with Crippen LogP contribution in [0.1, 0.15) is 36.5 Å². The standard InChI is InChI=1S/C12H15F2NO4S/c1-2-3-4-5-19-12(16)8-6-11(20(15,17)18)10(14)7-9(8)13/h6-7H,2-5H2,1H3,(H2,15,17,18). The van der Waals surface area contributed by atoms with Gasteiger partial charge in [0.25, 0.3) is 0 Å². The maximum atomic E-state index is 13.5. The summed E-state index contributed by atoms with van der Waals surface area (Å²) in [7, 11) is -4.38. The first kappa shape index (κ1) is 16.5. The van der Waals surface area contributed by atoms with E-state index in [1.807, 2.05) is 6.92 Å². The predicted octanol–water partition coefficient (Wildman–Crippen LogP) is 1.96. The Labute approximate surface area is 115 Å². The van der Waals surface area contributed by atoms with E-state index >= 15 is 0 Å². The molecule has 2 N–H and O–H groups in total. The fourth-order valence-electron chi connectivity index (χ4n) is 1.50. The van der Waals surface area contributed by atoms with E-state index in [1.165, 1.54) is 0 Å². The zero-order chi connectivity index (χ0) is 15.3. The van der Waals surface area contributed by atoms with Crippen LogP contribution >= 0.6 is 0 Å². The van der Waals surface area contributed by atoms with E-state index in [4.69, 9.17) is 9.88 Å². The maximum Gasteiger partial charge on any atom is 0.341 e. The Morgan fingerprint density at radius 3 is 2.45 bits per heavy atom. The van der Waals surface area contributed by atoms with Gasteiger partial charge < -0.3 is 4.74 Å². The molecule has 8 heteroatoms. The first-order valence-electron chi connectivity index (χ1n) is 5.96. The van der Waals surface area contributed by atoms with Crippen molar-refractivity contribution in [2.45, 2.75) is 31.1 Å². The molecule has 0 amide bonds. The van der Waals surface area contributed by atoms with E-state index in [0.29, 0.717) is 18.6 Å². The van der Waals surface area contributed by atoms with Crippen LogP contribution in [0.3, 0.4) is 0 Å². The van der Waals surface area contributed by atoms with Crippen molar-refractivity contribution in [1.29, 1.82) is 0 Å². The van der Waals surface area contributed by atoms with Crippen LogP contribution in [0.15, 0.2) is 17.0 Å². The number of carbonyl (C=O) groups is 1. The van der Waals surface area contributed by atoms with Gasteiger partial charge in [0, 0.05) is 6.07 Å². The van der Waals surface area contributed by atoms with Gasteiger partial charge in [-0.25, -0.2) is 27.1 Å². The minimum Gasteiger partial charge on any atom is -0.462 e. The summed E-state index contributed by atoms with van der Waals surface area (Å²) < 4.78 is 53.7. The number of benzene rings is 1. The summed E-state index contributed by atoms with van der Waals surface area (Å²) in [5.74, 6) is -3.61. The van der Waals surface area contributed by atoms with Crippen molar-refractivity contribution in [1.82, 2.24) is 0 Å². The van der Waals surface area contributed by atoms with Crippen molar-refractivity contribution in [2.24, 2.45) is 5.14 Å². The van der Waals surface area contributed by atoms with Crippen molar-refractivity contribution in [3.05, 3.63) is 29.3 Å². The quantitative estimate of drug-likeness (QED) is 0.643. The SMILES string of the molecule is CCCCCOC(=O)c1cc(S(N)(=O)=O)c(F)cc1F. The Morgan fingerprint density at radius 1 is 1.25 bits per heavy atom. The molecular formula is C12H15F2NO4S. The number of rotatable bonds is 6. The van der Waals surface area contributed by atoms with Crippen molar-refractivity contribution in [3.63, 3.8) is 0 Å². The molecule has 0 heterocycles. The second-order valence-electron chi connectivity index (χ2n) is 4.15. The molecule has 112 valence electrons. The van der Waals surface area contributed by atoms with Crippen LogP contribution in [-0.2, 0) is 14.8 Å². The van der Waals surface area contributed by atoms with Gasteiger partial charge in [-0.05, 0) is 12.5 Å². The number of halogens is 2. The Kier molecular flexibility index (Phi) is 5.58. The molecule has 1 aromatic rings. The minimum atomic E-state index is -4.38. The zero-order valence-electron chi connectivity index (χ0n) is 10.9. The van der Waals surface area contributed by atoms with Crippen LogP contribution < -0.4 is 5.14 Å². The third kappa shape index (κ3) is 4.24. The smallest absolute Gasteiger partial charge is 0.341 e. The van der Waals surface area contributed by atoms with Crippen LogP contribution in [0.4, 0.5) is 8.78 Å². The van der Waals surface area contributed by atoms with Gasteiger partial charge in [0.2, 0.25) is 10.0 Å². The molecule has 0 spiro atoms. The Morgan fingerprint density at radius 2 is 1.90 bits per heavy atom. The summed E-state index contributed by atoms with van der Waals surface area (Å²) in [5, 5.41) is 4.77. The van der Waals surface area contributed by atoms with Gasteiger partial charge in [0.15, 0.2) is 0 Å². The lowest BCUT2D eigenvalue weighted by Crippen LogP contribution is -2.17. The topological polar surface area (TPSA) is 86.5 Å².